The van der Waals surface area contributed by atoms with E-state index in [2.05, 4.69) is 15.3 Å². The van der Waals surface area contributed by atoms with Crippen LogP contribution in [0.15, 0.2) is 60.1 Å². The van der Waals surface area contributed by atoms with Crippen molar-refractivity contribution in [2.24, 2.45) is 18.9 Å². The van der Waals surface area contributed by atoms with E-state index in [-0.39, 0.29) is 42.1 Å². The molecular formula is C22H21F2N5O3S. The van der Waals surface area contributed by atoms with Crippen LogP contribution in [0.4, 0.5) is 8.78 Å². The van der Waals surface area contributed by atoms with E-state index in [9.17, 15) is 22.0 Å². The Kier molecular flexibility index (Phi) is 5.05. The predicted molar refractivity (Wildman–Crippen MR) is 114 cm³/mol. The number of imidazole rings is 1. The second-order valence-electron chi connectivity index (χ2n) is 8.51. The number of nitrogens with zero attached hydrogens (tertiary/aromatic N) is 4. The fraction of sp³-hybridized carbons (Fsp3) is 0.318. The van der Waals surface area contributed by atoms with Crippen molar-refractivity contribution in [1.82, 2.24) is 24.2 Å². The lowest BCUT2D eigenvalue weighted by Gasteiger charge is -2.26. The first-order valence-electron chi connectivity index (χ1n) is 10.4. The van der Waals surface area contributed by atoms with Crippen molar-refractivity contribution in [3.8, 4) is 0 Å². The van der Waals surface area contributed by atoms with E-state index in [1.54, 1.807) is 23.9 Å². The number of sulfonamides is 1. The van der Waals surface area contributed by atoms with Crippen LogP contribution in [0.1, 0.15) is 16.1 Å². The number of hydrogen-bond acceptors (Lipinski definition) is 5. The van der Waals surface area contributed by atoms with E-state index < -0.39 is 33.0 Å². The number of piperidine rings is 1. The molecule has 1 N–H and O–H groups in total. The number of amides is 1. The Morgan fingerprint density at radius 3 is 2.42 bits per heavy atom. The maximum Gasteiger partial charge on any atom is 0.262 e. The normalized spacial score (nSPS) is 24.5. The standard InChI is InChI=1S/C22H21F2N5O3S/c1-28-11-20(27-13-28)33(31,32)29-9-17-18(10-29)22(17,19-4-2-3-5-25-19)12-26-21(30)14-6-15(23)8-16(24)7-14/h2-8,11,13,17-18H,9-10,12H2,1H3,(H,26,30). The SMILES string of the molecule is Cn1cnc(S(=O)(=O)N2CC3C(C2)C3(CNC(=O)c2cc(F)cc(F)c2)c2ccccn2)c1. The van der Waals surface area contributed by atoms with E-state index >= 15 is 0 Å². The van der Waals surface area contributed by atoms with Gasteiger partial charge in [-0.2, -0.15) is 4.31 Å². The van der Waals surface area contributed by atoms with Gasteiger partial charge in [-0.05, 0) is 36.1 Å². The molecule has 2 atom stereocenters. The van der Waals surface area contributed by atoms with Gasteiger partial charge in [0.2, 0.25) is 0 Å². The summed E-state index contributed by atoms with van der Waals surface area (Å²) < 4.78 is 56.0. The molecule has 0 bridgehead atoms. The van der Waals surface area contributed by atoms with Gasteiger partial charge in [0.1, 0.15) is 11.6 Å². The number of rotatable bonds is 6. The van der Waals surface area contributed by atoms with Crippen LogP contribution in [0.2, 0.25) is 0 Å². The van der Waals surface area contributed by atoms with Crippen LogP contribution in [0.5, 0.6) is 0 Å². The van der Waals surface area contributed by atoms with Crippen LogP contribution in [-0.2, 0) is 22.5 Å². The largest absolute Gasteiger partial charge is 0.351 e. The zero-order valence-corrected chi connectivity index (χ0v) is 18.5. The molecule has 2 unspecified atom stereocenters. The second-order valence-corrected chi connectivity index (χ2v) is 10.4. The summed E-state index contributed by atoms with van der Waals surface area (Å²) in [4.78, 5) is 21.0. The maximum atomic E-state index is 13.5. The van der Waals surface area contributed by atoms with Crippen molar-refractivity contribution in [2.45, 2.75) is 10.4 Å². The van der Waals surface area contributed by atoms with Crippen molar-refractivity contribution in [2.75, 3.05) is 19.6 Å². The van der Waals surface area contributed by atoms with Gasteiger partial charge < -0.3 is 9.88 Å². The fourth-order valence-corrected chi connectivity index (χ4v) is 6.39. The lowest BCUT2D eigenvalue weighted by molar-refractivity contribution is 0.0946. The highest BCUT2D eigenvalue weighted by molar-refractivity contribution is 7.89. The number of fused-ring (bicyclic) bond motifs is 1. The van der Waals surface area contributed by atoms with Gasteiger partial charge in [-0.25, -0.2) is 22.2 Å². The lowest BCUT2D eigenvalue weighted by Crippen LogP contribution is -2.41. The van der Waals surface area contributed by atoms with Crippen LogP contribution in [0.3, 0.4) is 0 Å². The molecule has 3 aromatic rings. The van der Waals surface area contributed by atoms with Crippen molar-refractivity contribution < 1.29 is 22.0 Å². The number of carbonyl (C=O) groups is 1. The van der Waals surface area contributed by atoms with Gasteiger partial charge in [-0.15, -0.1) is 0 Å². The third-order valence-corrected chi connectivity index (χ3v) is 8.31. The number of pyridine rings is 1. The molecular weight excluding hydrogens is 452 g/mol. The van der Waals surface area contributed by atoms with Crippen molar-refractivity contribution in [3.63, 3.8) is 0 Å². The number of aromatic nitrogens is 3. The Hall–Kier alpha value is -3.18. The third-order valence-electron chi connectivity index (χ3n) is 6.59. The first-order valence-corrected chi connectivity index (χ1v) is 11.8. The van der Waals surface area contributed by atoms with Gasteiger partial charge in [0, 0.05) is 61.8 Å². The van der Waals surface area contributed by atoms with Crippen LogP contribution >= 0.6 is 0 Å². The molecule has 3 heterocycles. The van der Waals surface area contributed by atoms with Crippen LogP contribution in [0.25, 0.3) is 0 Å². The third kappa shape index (κ3) is 3.61. The average molecular weight is 474 g/mol. The summed E-state index contributed by atoms with van der Waals surface area (Å²) >= 11 is 0. The smallest absolute Gasteiger partial charge is 0.262 e. The number of halogens is 2. The average Bonchev–Trinajstić information content (AvgIpc) is 3.13. The Balaban J connectivity index is 1.37. The zero-order valence-electron chi connectivity index (χ0n) is 17.6. The monoisotopic (exact) mass is 473 g/mol. The summed E-state index contributed by atoms with van der Waals surface area (Å²) in [6.45, 7) is 0.711. The van der Waals surface area contributed by atoms with Gasteiger partial charge in [0.05, 0.1) is 6.33 Å². The van der Waals surface area contributed by atoms with E-state index in [1.165, 1.54) is 16.8 Å². The summed E-state index contributed by atoms with van der Waals surface area (Å²) in [6.07, 6.45) is 4.55. The molecule has 11 heteroatoms. The van der Waals surface area contributed by atoms with E-state index in [4.69, 9.17) is 0 Å². The molecule has 1 saturated heterocycles. The summed E-state index contributed by atoms with van der Waals surface area (Å²) in [6, 6.07) is 8.12. The lowest BCUT2D eigenvalue weighted by atomic mass is 9.94. The minimum absolute atomic E-state index is 0.00355. The first-order chi connectivity index (χ1) is 15.7. The molecule has 1 saturated carbocycles. The van der Waals surface area contributed by atoms with E-state index in [0.29, 0.717) is 6.07 Å². The Morgan fingerprint density at radius 2 is 1.85 bits per heavy atom. The minimum atomic E-state index is -3.73. The molecule has 1 aliphatic carbocycles. The summed E-state index contributed by atoms with van der Waals surface area (Å²) in [7, 11) is -2.03. The van der Waals surface area contributed by atoms with Gasteiger partial charge in [-0.3, -0.25) is 9.78 Å². The molecule has 2 aromatic heterocycles. The molecule has 1 aliphatic heterocycles. The molecule has 1 amide bonds. The van der Waals surface area contributed by atoms with Crippen molar-refractivity contribution >= 4 is 15.9 Å². The summed E-state index contributed by atoms with van der Waals surface area (Å²) in [5.41, 5.74) is 0.0771. The topological polar surface area (TPSA) is 97.2 Å². The first kappa shape index (κ1) is 21.7. The fourth-order valence-electron chi connectivity index (χ4n) is 4.93. The molecule has 0 spiro atoms. The molecule has 2 fully saturated rings. The van der Waals surface area contributed by atoms with Gasteiger partial charge in [0.25, 0.3) is 15.9 Å². The molecule has 2 aliphatic rings. The molecule has 172 valence electrons. The highest BCUT2D eigenvalue weighted by atomic mass is 32.2. The predicted octanol–water partition coefficient (Wildman–Crippen LogP) is 1.71. The molecule has 33 heavy (non-hydrogen) atoms. The van der Waals surface area contributed by atoms with Crippen LogP contribution in [-0.4, -0.2) is 52.8 Å². The van der Waals surface area contributed by atoms with Gasteiger partial charge in [0.15, 0.2) is 5.03 Å². The second kappa shape index (κ2) is 7.70. The molecule has 1 aromatic carbocycles. The van der Waals surface area contributed by atoms with Gasteiger partial charge >= 0.3 is 0 Å². The Bertz CT molecular complexity index is 1300. The van der Waals surface area contributed by atoms with Crippen LogP contribution < -0.4 is 5.32 Å². The van der Waals surface area contributed by atoms with E-state index in [1.807, 2.05) is 12.1 Å². The Morgan fingerprint density at radius 1 is 1.15 bits per heavy atom. The maximum absolute atomic E-state index is 13.5. The number of benzene rings is 1. The van der Waals surface area contributed by atoms with E-state index in [0.717, 1.165) is 17.8 Å². The van der Waals surface area contributed by atoms with Crippen LogP contribution in [0, 0.1) is 23.5 Å². The van der Waals surface area contributed by atoms with Crippen molar-refractivity contribution in [3.05, 3.63) is 78.0 Å². The minimum Gasteiger partial charge on any atom is -0.351 e. The molecule has 5 rings (SSSR count). The highest BCUT2D eigenvalue weighted by Crippen LogP contribution is 2.63. The quantitative estimate of drug-likeness (QED) is 0.588. The molecule has 0 radical (unpaired) electrons. The summed E-state index contributed by atoms with van der Waals surface area (Å²) in [5, 5.41) is 2.77. The molecule has 8 nitrogen and oxygen atoms in total. The zero-order chi connectivity index (χ0) is 23.4. The number of hydrogen-bond donors (Lipinski definition) is 1. The highest BCUT2D eigenvalue weighted by Gasteiger charge is 2.70. The van der Waals surface area contributed by atoms with Crippen molar-refractivity contribution in [1.29, 1.82) is 0 Å². The number of aryl methyl sites for hydroxylation is 1. The summed E-state index contributed by atoms with van der Waals surface area (Å²) in [5.74, 6) is -2.39. The number of nitrogens with one attached hydrogen (secondary N) is 1. The number of carbonyl (C=O) groups excluding carboxylic acids is 1. The van der Waals surface area contributed by atoms with Gasteiger partial charge in [-0.1, -0.05) is 6.07 Å². The Labute approximate surface area is 189 Å².